The second-order valence-electron chi connectivity index (χ2n) is 6.16. The second-order valence-corrected chi connectivity index (χ2v) is 7.10. The van der Waals surface area contributed by atoms with Gasteiger partial charge in [0.2, 0.25) is 5.91 Å². The van der Waals surface area contributed by atoms with E-state index in [9.17, 15) is 4.79 Å². The van der Waals surface area contributed by atoms with Crippen molar-refractivity contribution in [2.24, 2.45) is 0 Å². The third-order valence-corrected chi connectivity index (χ3v) is 5.16. The van der Waals surface area contributed by atoms with E-state index in [0.29, 0.717) is 6.54 Å². The average Bonchev–Trinajstić information content (AvgIpc) is 3.38. The fraction of sp³-hybridized carbons (Fsp3) is 0.0909. The van der Waals surface area contributed by atoms with Crippen molar-refractivity contribution >= 4 is 23.4 Å². The van der Waals surface area contributed by atoms with Crippen LogP contribution in [0.5, 0.6) is 0 Å². The van der Waals surface area contributed by atoms with E-state index in [1.54, 1.807) is 6.26 Å². The molecule has 5 nitrogen and oxygen atoms in total. The van der Waals surface area contributed by atoms with Crippen LogP contribution >= 0.6 is 11.8 Å². The molecular weight excluding hydrogens is 370 g/mol. The molecule has 0 radical (unpaired) electrons. The first-order chi connectivity index (χ1) is 13.8. The molecular formula is C22H19N3O2S. The molecule has 0 aliphatic rings. The van der Waals surface area contributed by atoms with Gasteiger partial charge in [0.1, 0.15) is 5.76 Å². The van der Waals surface area contributed by atoms with Crippen LogP contribution in [-0.2, 0) is 11.3 Å². The molecule has 2 aromatic heterocycles. The van der Waals surface area contributed by atoms with Crippen molar-refractivity contribution in [1.82, 2.24) is 9.55 Å². The number of nitrogens with zero attached hydrogens (tertiary/aromatic N) is 2. The molecule has 0 saturated heterocycles. The Balaban J connectivity index is 1.53. The van der Waals surface area contributed by atoms with Gasteiger partial charge in [0.15, 0.2) is 5.16 Å². The smallest absolute Gasteiger partial charge is 0.234 e. The minimum atomic E-state index is -0.0648. The number of para-hydroxylation sites is 1. The molecule has 2 aromatic carbocycles. The number of furan rings is 1. The lowest BCUT2D eigenvalue weighted by molar-refractivity contribution is -0.113. The highest BCUT2D eigenvalue weighted by Crippen LogP contribution is 2.27. The summed E-state index contributed by atoms with van der Waals surface area (Å²) in [5, 5.41) is 3.68. The molecule has 1 amide bonds. The van der Waals surface area contributed by atoms with Crippen LogP contribution in [0, 0.1) is 0 Å². The molecule has 0 aliphatic carbocycles. The topological polar surface area (TPSA) is 60.1 Å². The van der Waals surface area contributed by atoms with Crippen LogP contribution in [0.1, 0.15) is 5.76 Å². The first-order valence-electron chi connectivity index (χ1n) is 8.90. The number of aromatic nitrogens is 2. The lowest BCUT2D eigenvalue weighted by atomic mass is 10.2. The Morgan fingerprint density at radius 1 is 1.00 bits per heavy atom. The predicted octanol–water partition coefficient (Wildman–Crippen LogP) is 4.92. The Morgan fingerprint density at radius 3 is 2.46 bits per heavy atom. The quantitative estimate of drug-likeness (QED) is 0.456. The van der Waals surface area contributed by atoms with Gasteiger partial charge in [-0.2, -0.15) is 0 Å². The summed E-state index contributed by atoms with van der Waals surface area (Å²) in [6.45, 7) is 0.555. The van der Waals surface area contributed by atoms with Gasteiger partial charge in [-0.15, -0.1) is 0 Å². The number of hydrogen-bond donors (Lipinski definition) is 1. The molecule has 0 spiro atoms. The number of amides is 1. The molecule has 0 aliphatic heterocycles. The number of benzene rings is 2. The third-order valence-electron chi connectivity index (χ3n) is 4.17. The Hall–Kier alpha value is -3.25. The van der Waals surface area contributed by atoms with Crippen molar-refractivity contribution in [3.05, 3.63) is 91.0 Å². The summed E-state index contributed by atoms with van der Waals surface area (Å²) in [4.78, 5) is 16.9. The summed E-state index contributed by atoms with van der Waals surface area (Å²) in [5.41, 5.74) is 2.85. The van der Waals surface area contributed by atoms with Crippen molar-refractivity contribution in [3.8, 4) is 11.3 Å². The molecule has 28 heavy (non-hydrogen) atoms. The van der Waals surface area contributed by atoms with E-state index in [1.165, 1.54) is 11.8 Å². The molecule has 1 N–H and O–H groups in total. The number of carbonyl (C=O) groups excluding carboxylic acids is 1. The van der Waals surface area contributed by atoms with Gasteiger partial charge in [0.25, 0.3) is 0 Å². The van der Waals surface area contributed by atoms with Crippen molar-refractivity contribution in [2.45, 2.75) is 11.7 Å². The number of hydrogen-bond acceptors (Lipinski definition) is 4. The largest absolute Gasteiger partial charge is 0.467 e. The zero-order valence-electron chi connectivity index (χ0n) is 15.1. The van der Waals surface area contributed by atoms with Crippen LogP contribution in [0.25, 0.3) is 11.3 Å². The van der Waals surface area contributed by atoms with Gasteiger partial charge < -0.3 is 14.3 Å². The number of carbonyl (C=O) groups is 1. The monoisotopic (exact) mass is 389 g/mol. The maximum atomic E-state index is 12.3. The van der Waals surface area contributed by atoms with Crippen molar-refractivity contribution in [3.63, 3.8) is 0 Å². The van der Waals surface area contributed by atoms with Crippen molar-refractivity contribution in [2.75, 3.05) is 11.1 Å². The molecule has 4 rings (SSSR count). The molecule has 4 aromatic rings. The highest BCUT2D eigenvalue weighted by atomic mass is 32.2. The standard InChI is InChI=1S/C22H19N3O2S/c26-21(24-18-10-5-2-6-11-18)16-28-22-23-14-20(17-8-3-1-4-9-17)25(22)15-19-12-7-13-27-19/h1-14H,15-16H2,(H,24,26). The second kappa shape index (κ2) is 8.63. The fourth-order valence-corrected chi connectivity index (χ4v) is 3.65. The van der Waals surface area contributed by atoms with Gasteiger partial charge in [-0.05, 0) is 29.8 Å². The van der Waals surface area contributed by atoms with Gasteiger partial charge in [0, 0.05) is 5.69 Å². The fourth-order valence-electron chi connectivity index (χ4n) is 2.87. The van der Waals surface area contributed by atoms with Crippen LogP contribution in [0.3, 0.4) is 0 Å². The molecule has 6 heteroatoms. The zero-order chi connectivity index (χ0) is 19.2. The molecule has 0 atom stereocenters. The molecule has 0 bridgehead atoms. The van der Waals surface area contributed by atoms with Crippen LogP contribution in [0.15, 0.2) is 94.8 Å². The van der Waals surface area contributed by atoms with Gasteiger partial charge in [-0.25, -0.2) is 4.98 Å². The summed E-state index contributed by atoms with van der Waals surface area (Å²) in [5.74, 6) is 1.05. The molecule has 0 unspecified atom stereocenters. The first kappa shape index (κ1) is 18.1. The summed E-state index contributed by atoms with van der Waals surface area (Å²) < 4.78 is 7.60. The maximum absolute atomic E-state index is 12.3. The number of nitrogens with one attached hydrogen (secondary N) is 1. The minimum Gasteiger partial charge on any atom is -0.467 e. The predicted molar refractivity (Wildman–Crippen MR) is 111 cm³/mol. The van der Waals surface area contributed by atoms with E-state index in [2.05, 4.69) is 14.9 Å². The minimum absolute atomic E-state index is 0.0648. The number of imidazole rings is 1. The average molecular weight is 389 g/mol. The first-order valence-corrected chi connectivity index (χ1v) is 9.89. The van der Waals surface area contributed by atoms with Crippen LogP contribution in [0.4, 0.5) is 5.69 Å². The third kappa shape index (κ3) is 4.35. The summed E-state index contributed by atoms with van der Waals surface area (Å²) >= 11 is 1.41. The van der Waals surface area contributed by atoms with Gasteiger partial charge in [-0.3, -0.25) is 4.79 Å². The summed E-state index contributed by atoms with van der Waals surface area (Å²) in [6.07, 6.45) is 3.50. The lowest BCUT2D eigenvalue weighted by Gasteiger charge is -2.11. The maximum Gasteiger partial charge on any atom is 0.234 e. The normalized spacial score (nSPS) is 10.7. The Bertz CT molecular complexity index is 1030. The zero-order valence-corrected chi connectivity index (χ0v) is 15.9. The van der Waals surface area contributed by atoms with E-state index in [0.717, 1.165) is 27.9 Å². The van der Waals surface area contributed by atoms with E-state index in [4.69, 9.17) is 4.42 Å². The van der Waals surface area contributed by atoms with E-state index in [-0.39, 0.29) is 11.7 Å². The van der Waals surface area contributed by atoms with Crippen LogP contribution in [-0.4, -0.2) is 21.2 Å². The molecule has 2 heterocycles. The van der Waals surface area contributed by atoms with E-state index >= 15 is 0 Å². The summed E-state index contributed by atoms with van der Waals surface area (Å²) in [7, 11) is 0. The van der Waals surface area contributed by atoms with E-state index in [1.807, 2.05) is 79.0 Å². The van der Waals surface area contributed by atoms with Gasteiger partial charge >= 0.3 is 0 Å². The molecule has 0 saturated carbocycles. The van der Waals surface area contributed by atoms with Crippen molar-refractivity contribution < 1.29 is 9.21 Å². The Morgan fingerprint density at radius 2 is 1.75 bits per heavy atom. The molecule has 140 valence electrons. The highest BCUT2D eigenvalue weighted by Gasteiger charge is 2.15. The SMILES string of the molecule is O=C(CSc1ncc(-c2ccccc2)n1Cc1ccco1)Nc1ccccc1. The van der Waals surface area contributed by atoms with Gasteiger partial charge in [-0.1, -0.05) is 60.3 Å². The number of anilines is 1. The molecule has 0 fully saturated rings. The Kier molecular flexibility index (Phi) is 5.58. The van der Waals surface area contributed by atoms with Crippen LogP contribution in [0.2, 0.25) is 0 Å². The number of rotatable bonds is 7. The number of thioether (sulfide) groups is 1. The van der Waals surface area contributed by atoms with Gasteiger partial charge in [0.05, 0.1) is 30.5 Å². The Labute approximate surface area is 167 Å². The van der Waals surface area contributed by atoms with E-state index < -0.39 is 0 Å². The van der Waals surface area contributed by atoms with Crippen molar-refractivity contribution in [1.29, 1.82) is 0 Å². The van der Waals surface area contributed by atoms with Crippen LogP contribution < -0.4 is 5.32 Å². The summed E-state index contributed by atoms with van der Waals surface area (Å²) in [6, 6.07) is 23.3. The lowest BCUT2D eigenvalue weighted by Crippen LogP contribution is -2.14. The highest BCUT2D eigenvalue weighted by molar-refractivity contribution is 7.99.